The van der Waals surface area contributed by atoms with Gasteiger partial charge in [-0.25, -0.2) is 8.42 Å². The first-order valence-electron chi connectivity index (χ1n) is 3.61. The van der Waals surface area contributed by atoms with Crippen molar-refractivity contribution >= 4 is 27.4 Å². The van der Waals surface area contributed by atoms with E-state index in [4.69, 9.17) is 11.6 Å². The van der Waals surface area contributed by atoms with Crippen molar-refractivity contribution in [1.82, 2.24) is 5.16 Å². The van der Waals surface area contributed by atoms with E-state index in [0.29, 0.717) is 12.3 Å². The van der Waals surface area contributed by atoms with Crippen LogP contribution in [-0.4, -0.2) is 25.2 Å². The first kappa shape index (κ1) is 10.3. The number of halogens is 1. The van der Waals surface area contributed by atoms with Gasteiger partial charge in [0.25, 0.3) is 0 Å². The van der Waals surface area contributed by atoms with Crippen LogP contribution < -0.4 is 4.72 Å². The summed E-state index contributed by atoms with van der Waals surface area (Å²) in [6.07, 6.45) is 1.70. The summed E-state index contributed by atoms with van der Waals surface area (Å²) in [5, 5.41) is 3.41. The van der Waals surface area contributed by atoms with Gasteiger partial charge in [0.05, 0.1) is 5.75 Å². The lowest BCUT2D eigenvalue weighted by Gasteiger charge is -2.02. The molecule has 0 aliphatic carbocycles. The fraction of sp³-hybridized carbons (Fsp3) is 0.500. The highest BCUT2D eigenvalue weighted by Gasteiger charge is 2.10. The van der Waals surface area contributed by atoms with Crippen LogP contribution in [0.2, 0.25) is 0 Å². The van der Waals surface area contributed by atoms with Crippen LogP contribution in [0.1, 0.15) is 6.42 Å². The zero-order valence-corrected chi connectivity index (χ0v) is 8.31. The van der Waals surface area contributed by atoms with Gasteiger partial charge in [-0.2, -0.15) is 0 Å². The zero-order chi connectivity index (χ0) is 9.73. The minimum Gasteiger partial charge on any atom is -0.363 e. The van der Waals surface area contributed by atoms with Gasteiger partial charge >= 0.3 is 0 Å². The Balaban J connectivity index is 2.53. The van der Waals surface area contributed by atoms with Crippen LogP contribution in [0.5, 0.6) is 0 Å². The second kappa shape index (κ2) is 4.48. The van der Waals surface area contributed by atoms with Gasteiger partial charge in [0.1, 0.15) is 6.26 Å². The maximum absolute atomic E-state index is 11.2. The number of alkyl halides is 1. The molecule has 0 unspecified atom stereocenters. The van der Waals surface area contributed by atoms with Gasteiger partial charge in [0.2, 0.25) is 10.0 Å². The molecule has 1 N–H and O–H groups in total. The van der Waals surface area contributed by atoms with Gasteiger partial charge in [-0.3, -0.25) is 4.72 Å². The number of rotatable bonds is 5. The predicted molar refractivity (Wildman–Crippen MR) is 49.2 cm³/mol. The molecule has 1 aromatic heterocycles. The Bertz CT molecular complexity index is 335. The summed E-state index contributed by atoms with van der Waals surface area (Å²) in [6.45, 7) is 0. The smallest absolute Gasteiger partial charge is 0.234 e. The van der Waals surface area contributed by atoms with Crippen molar-refractivity contribution in [2.75, 3.05) is 16.4 Å². The molecule has 0 amide bonds. The molecule has 1 heterocycles. The number of nitrogens with zero attached hydrogens (tertiary/aromatic N) is 1. The van der Waals surface area contributed by atoms with Crippen molar-refractivity contribution in [3.8, 4) is 0 Å². The molecule has 74 valence electrons. The highest BCUT2D eigenvalue weighted by molar-refractivity contribution is 7.92. The van der Waals surface area contributed by atoms with Crippen LogP contribution in [0.15, 0.2) is 16.9 Å². The number of anilines is 1. The molecule has 0 aliphatic heterocycles. The Hall–Kier alpha value is -0.750. The minimum absolute atomic E-state index is 0.0106. The van der Waals surface area contributed by atoms with Gasteiger partial charge in [0.15, 0.2) is 5.82 Å². The lowest BCUT2D eigenvalue weighted by atomic mass is 10.6. The lowest BCUT2D eigenvalue weighted by Crippen LogP contribution is -2.17. The van der Waals surface area contributed by atoms with E-state index in [1.807, 2.05) is 0 Å². The van der Waals surface area contributed by atoms with Crippen LogP contribution in [-0.2, 0) is 10.0 Å². The van der Waals surface area contributed by atoms with Gasteiger partial charge in [-0.15, -0.1) is 11.6 Å². The zero-order valence-electron chi connectivity index (χ0n) is 6.73. The van der Waals surface area contributed by atoms with Crippen molar-refractivity contribution in [3.63, 3.8) is 0 Å². The fourth-order valence-electron chi connectivity index (χ4n) is 0.720. The highest BCUT2D eigenvalue weighted by atomic mass is 35.5. The summed E-state index contributed by atoms with van der Waals surface area (Å²) < 4.78 is 29.1. The first-order chi connectivity index (χ1) is 6.14. The second-order valence-corrected chi connectivity index (χ2v) is 4.57. The molecule has 0 fully saturated rings. The molecule has 0 atom stereocenters. The maximum atomic E-state index is 11.2. The van der Waals surface area contributed by atoms with E-state index in [1.165, 1.54) is 12.3 Å². The third-order valence-electron chi connectivity index (χ3n) is 1.24. The standard InChI is InChI=1S/C6H9ClN2O3S/c7-3-1-5-13(10,11)9-6-2-4-12-8-6/h2,4H,1,3,5H2,(H,8,9). The van der Waals surface area contributed by atoms with Gasteiger partial charge in [0, 0.05) is 11.9 Å². The molecule has 0 aromatic carbocycles. The Labute approximate surface area is 81.1 Å². The van der Waals surface area contributed by atoms with Crippen molar-refractivity contribution < 1.29 is 12.9 Å². The van der Waals surface area contributed by atoms with Crippen molar-refractivity contribution in [2.45, 2.75) is 6.42 Å². The number of sulfonamides is 1. The molecule has 5 nitrogen and oxygen atoms in total. The Morgan fingerprint density at radius 1 is 1.62 bits per heavy atom. The molecular weight excluding hydrogens is 216 g/mol. The van der Waals surface area contributed by atoms with Crippen LogP contribution >= 0.6 is 11.6 Å². The quantitative estimate of drug-likeness (QED) is 0.759. The van der Waals surface area contributed by atoms with Gasteiger partial charge < -0.3 is 4.52 Å². The summed E-state index contributed by atoms with van der Waals surface area (Å²) in [5.74, 6) is 0.498. The van der Waals surface area contributed by atoms with Crippen molar-refractivity contribution in [3.05, 3.63) is 12.3 Å². The monoisotopic (exact) mass is 224 g/mol. The molecule has 1 rings (SSSR count). The number of nitrogens with one attached hydrogen (secondary N) is 1. The molecule has 7 heteroatoms. The van der Waals surface area contributed by atoms with E-state index in [1.54, 1.807) is 0 Å². The average Bonchev–Trinajstić information content (AvgIpc) is 2.52. The normalized spacial score (nSPS) is 11.5. The molecular formula is C6H9ClN2O3S. The van der Waals surface area contributed by atoms with Crippen molar-refractivity contribution in [1.29, 1.82) is 0 Å². The van der Waals surface area contributed by atoms with E-state index in [2.05, 4.69) is 14.4 Å². The summed E-state index contributed by atoms with van der Waals surface area (Å²) >= 11 is 5.36. The molecule has 0 bridgehead atoms. The summed E-state index contributed by atoms with van der Waals surface area (Å²) in [7, 11) is -3.32. The molecule has 1 aromatic rings. The molecule has 0 spiro atoms. The topological polar surface area (TPSA) is 72.2 Å². The number of hydrogen-bond donors (Lipinski definition) is 1. The second-order valence-electron chi connectivity index (χ2n) is 2.35. The van der Waals surface area contributed by atoms with Gasteiger partial charge in [-0.1, -0.05) is 5.16 Å². The Morgan fingerprint density at radius 2 is 2.38 bits per heavy atom. The highest BCUT2D eigenvalue weighted by Crippen LogP contribution is 2.05. The van der Waals surface area contributed by atoms with Crippen LogP contribution in [0.3, 0.4) is 0 Å². The van der Waals surface area contributed by atoms with E-state index >= 15 is 0 Å². The fourth-order valence-corrected chi connectivity index (χ4v) is 2.06. The van der Waals surface area contributed by atoms with Crippen molar-refractivity contribution in [2.24, 2.45) is 0 Å². The summed E-state index contributed by atoms with van der Waals surface area (Å²) in [4.78, 5) is 0. The maximum Gasteiger partial charge on any atom is 0.234 e. The van der Waals surface area contributed by atoms with Crippen LogP contribution in [0.25, 0.3) is 0 Å². The Morgan fingerprint density at radius 3 is 2.92 bits per heavy atom. The van der Waals surface area contributed by atoms with E-state index in [9.17, 15) is 8.42 Å². The van der Waals surface area contributed by atoms with Crippen LogP contribution in [0, 0.1) is 0 Å². The van der Waals surface area contributed by atoms with Crippen LogP contribution in [0.4, 0.5) is 5.82 Å². The minimum atomic E-state index is -3.32. The number of aromatic nitrogens is 1. The molecule has 13 heavy (non-hydrogen) atoms. The predicted octanol–water partition coefficient (Wildman–Crippen LogP) is 1.05. The molecule has 0 saturated carbocycles. The molecule has 0 aliphatic rings. The third kappa shape index (κ3) is 3.65. The van der Waals surface area contributed by atoms with E-state index in [0.717, 1.165) is 0 Å². The SMILES string of the molecule is O=S(=O)(CCCCl)Nc1ccon1. The van der Waals surface area contributed by atoms with E-state index < -0.39 is 10.0 Å². The first-order valence-corrected chi connectivity index (χ1v) is 5.79. The number of hydrogen-bond acceptors (Lipinski definition) is 4. The summed E-state index contributed by atoms with van der Waals surface area (Å²) in [5.41, 5.74) is 0. The Kier molecular flexibility index (Phi) is 3.56. The van der Waals surface area contributed by atoms with Gasteiger partial charge in [-0.05, 0) is 6.42 Å². The molecule has 0 saturated heterocycles. The third-order valence-corrected chi connectivity index (χ3v) is 2.86. The summed E-state index contributed by atoms with van der Waals surface area (Å²) in [6, 6.07) is 1.43. The lowest BCUT2D eigenvalue weighted by molar-refractivity contribution is 0.423. The molecule has 0 radical (unpaired) electrons. The largest absolute Gasteiger partial charge is 0.363 e. The average molecular weight is 225 g/mol. The van der Waals surface area contributed by atoms with E-state index in [-0.39, 0.29) is 11.6 Å².